The number of carbonyl (C=O) groups excluding carboxylic acids is 1. The molecule has 0 atom stereocenters. The molecule has 0 radical (unpaired) electrons. The van der Waals surface area contributed by atoms with Gasteiger partial charge in [0.25, 0.3) is 0 Å². The molecule has 0 N–H and O–H groups in total. The molecule has 0 amide bonds. The summed E-state index contributed by atoms with van der Waals surface area (Å²) in [7, 11) is 1.35. The standard InChI is InChI=1S/C18H14FNO2S/c1-22-18(21)14-7-4-6-13(9-14)16-11-23-17(20-16)10-12-5-2-3-8-15(12)19/h2-9,11H,10H2,1H3. The predicted octanol–water partition coefficient (Wildman–Crippen LogP) is 4.33. The number of methoxy groups -OCH3 is 1. The van der Waals surface area contributed by atoms with Crippen LogP contribution in [0.25, 0.3) is 11.3 Å². The number of ether oxygens (including phenoxy) is 1. The van der Waals surface area contributed by atoms with Gasteiger partial charge in [0.05, 0.1) is 23.4 Å². The Balaban J connectivity index is 1.85. The SMILES string of the molecule is COC(=O)c1cccc(-c2csc(Cc3ccccc3F)n2)c1. The fraction of sp³-hybridized carbons (Fsp3) is 0.111. The Morgan fingerprint density at radius 2 is 2.04 bits per heavy atom. The fourth-order valence-corrected chi connectivity index (χ4v) is 3.08. The average molecular weight is 327 g/mol. The second-order valence-electron chi connectivity index (χ2n) is 4.97. The Labute approximate surface area is 137 Å². The van der Waals surface area contributed by atoms with Gasteiger partial charge in [0.15, 0.2) is 0 Å². The van der Waals surface area contributed by atoms with E-state index in [9.17, 15) is 9.18 Å². The van der Waals surface area contributed by atoms with Crippen molar-refractivity contribution < 1.29 is 13.9 Å². The highest BCUT2D eigenvalue weighted by Crippen LogP contribution is 2.25. The number of carbonyl (C=O) groups is 1. The van der Waals surface area contributed by atoms with Crippen molar-refractivity contribution in [2.45, 2.75) is 6.42 Å². The van der Waals surface area contributed by atoms with Gasteiger partial charge in [0.1, 0.15) is 5.82 Å². The highest BCUT2D eigenvalue weighted by Gasteiger charge is 2.10. The number of esters is 1. The predicted molar refractivity (Wildman–Crippen MR) is 88.1 cm³/mol. The molecule has 0 unspecified atom stereocenters. The number of aromatic nitrogens is 1. The molecule has 0 saturated heterocycles. The summed E-state index contributed by atoms with van der Waals surface area (Å²) in [5.74, 6) is -0.606. The molecule has 23 heavy (non-hydrogen) atoms. The number of hydrogen-bond donors (Lipinski definition) is 0. The smallest absolute Gasteiger partial charge is 0.337 e. The monoisotopic (exact) mass is 327 g/mol. The molecular formula is C18H14FNO2S. The number of benzene rings is 2. The zero-order valence-corrected chi connectivity index (χ0v) is 13.3. The van der Waals surface area contributed by atoms with Gasteiger partial charge in [-0.05, 0) is 23.8 Å². The van der Waals surface area contributed by atoms with E-state index in [1.54, 1.807) is 30.3 Å². The van der Waals surface area contributed by atoms with E-state index < -0.39 is 0 Å². The minimum Gasteiger partial charge on any atom is -0.465 e. The van der Waals surface area contributed by atoms with Crippen molar-refractivity contribution in [3.63, 3.8) is 0 Å². The molecule has 5 heteroatoms. The maximum atomic E-state index is 13.7. The normalized spacial score (nSPS) is 10.5. The van der Waals surface area contributed by atoms with E-state index in [1.165, 1.54) is 24.5 Å². The van der Waals surface area contributed by atoms with Crippen molar-refractivity contribution in [2.75, 3.05) is 7.11 Å². The van der Waals surface area contributed by atoms with Crippen LogP contribution in [0.3, 0.4) is 0 Å². The summed E-state index contributed by atoms with van der Waals surface area (Å²) in [5.41, 5.74) is 2.71. The Kier molecular flexibility index (Phi) is 4.48. The molecule has 1 heterocycles. The van der Waals surface area contributed by atoms with E-state index in [0.29, 0.717) is 17.5 Å². The van der Waals surface area contributed by atoms with E-state index in [2.05, 4.69) is 4.98 Å². The quantitative estimate of drug-likeness (QED) is 0.670. The summed E-state index contributed by atoms with van der Waals surface area (Å²) in [5, 5.41) is 2.74. The zero-order chi connectivity index (χ0) is 16.2. The number of rotatable bonds is 4. The molecule has 0 bridgehead atoms. The number of hydrogen-bond acceptors (Lipinski definition) is 4. The second-order valence-corrected chi connectivity index (χ2v) is 5.91. The molecule has 0 spiro atoms. The maximum absolute atomic E-state index is 13.7. The van der Waals surface area contributed by atoms with Crippen molar-refractivity contribution in [3.8, 4) is 11.3 Å². The van der Waals surface area contributed by atoms with Crippen LogP contribution in [0.2, 0.25) is 0 Å². The lowest BCUT2D eigenvalue weighted by Crippen LogP contribution is -2.00. The third-order valence-corrected chi connectivity index (χ3v) is 4.28. The topological polar surface area (TPSA) is 39.2 Å². The van der Waals surface area contributed by atoms with E-state index in [1.807, 2.05) is 17.5 Å². The van der Waals surface area contributed by atoms with Crippen LogP contribution in [0.15, 0.2) is 53.9 Å². The highest BCUT2D eigenvalue weighted by atomic mass is 32.1. The van der Waals surface area contributed by atoms with Crippen LogP contribution < -0.4 is 0 Å². The van der Waals surface area contributed by atoms with E-state index in [0.717, 1.165) is 16.3 Å². The Bertz CT molecular complexity index is 844. The van der Waals surface area contributed by atoms with Crippen molar-refractivity contribution in [1.29, 1.82) is 0 Å². The summed E-state index contributed by atoms with van der Waals surface area (Å²) in [6, 6.07) is 13.8. The molecule has 116 valence electrons. The van der Waals surface area contributed by atoms with Crippen molar-refractivity contribution >= 4 is 17.3 Å². The van der Waals surface area contributed by atoms with Crippen molar-refractivity contribution in [2.24, 2.45) is 0 Å². The molecule has 0 aliphatic heterocycles. The number of halogens is 1. The summed E-state index contributed by atoms with van der Waals surface area (Å²) < 4.78 is 18.4. The summed E-state index contributed by atoms with van der Waals surface area (Å²) >= 11 is 1.47. The lowest BCUT2D eigenvalue weighted by Gasteiger charge is -2.02. The minimum absolute atomic E-state index is 0.225. The summed E-state index contributed by atoms with van der Waals surface area (Å²) in [6.45, 7) is 0. The largest absolute Gasteiger partial charge is 0.465 e. The molecule has 1 aromatic heterocycles. The molecule has 0 fully saturated rings. The van der Waals surface area contributed by atoms with Crippen LogP contribution in [0.4, 0.5) is 4.39 Å². The second kappa shape index (κ2) is 6.71. The number of thiazole rings is 1. The number of nitrogens with zero attached hydrogens (tertiary/aromatic N) is 1. The van der Waals surface area contributed by atoms with E-state index in [-0.39, 0.29) is 11.8 Å². The molecule has 3 aromatic rings. The summed E-state index contributed by atoms with van der Waals surface area (Å²) in [4.78, 5) is 16.1. The fourth-order valence-electron chi connectivity index (χ4n) is 2.25. The van der Waals surface area contributed by atoms with Crippen LogP contribution >= 0.6 is 11.3 Å². The molecule has 2 aromatic carbocycles. The van der Waals surface area contributed by atoms with Gasteiger partial charge in [-0.25, -0.2) is 14.2 Å². The molecule has 0 aliphatic carbocycles. The van der Waals surface area contributed by atoms with Gasteiger partial charge >= 0.3 is 5.97 Å². The van der Waals surface area contributed by atoms with E-state index >= 15 is 0 Å². The third kappa shape index (κ3) is 3.46. The van der Waals surface area contributed by atoms with Gasteiger partial charge in [0, 0.05) is 17.4 Å². The lowest BCUT2D eigenvalue weighted by molar-refractivity contribution is 0.0601. The van der Waals surface area contributed by atoms with Crippen LogP contribution in [0, 0.1) is 5.82 Å². The maximum Gasteiger partial charge on any atom is 0.337 e. The van der Waals surface area contributed by atoms with Gasteiger partial charge in [-0.2, -0.15) is 0 Å². The van der Waals surface area contributed by atoms with Crippen molar-refractivity contribution in [1.82, 2.24) is 4.98 Å². The molecule has 3 nitrogen and oxygen atoms in total. The van der Waals surface area contributed by atoms with Crippen molar-refractivity contribution in [3.05, 3.63) is 75.9 Å². The van der Waals surface area contributed by atoms with Gasteiger partial charge in [-0.1, -0.05) is 30.3 Å². The van der Waals surface area contributed by atoms with Gasteiger partial charge in [-0.15, -0.1) is 11.3 Å². The molecular weight excluding hydrogens is 313 g/mol. The van der Waals surface area contributed by atoms with Crippen LogP contribution in [0.5, 0.6) is 0 Å². The van der Waals surface area contributed by atoms with Crippen LogP contribution in [0.1, 0.15) is 20.9 Å². The molecule has 0 saturated carbocycles. The zero-order valence-electron chi connectivity index (χ0n) is 12.5. The first-order valence-corrected chi connectivity index (χ1v) is 7.92. The van der Waals surface area contributed by atoms with Gasteiger partial charge in [-0.3, -0.25) is 0 Å². The lowest BCUT2D eigenvalue weighted by atomic mass is 10.1. The summed E-state index contributed by atoms with van der Waals surface area (Å²) in [6.07, 6.45) is 0.452. The molecule has 0 aliphatic rings. The Hall–Kier alpha value is -2.53. The first-order chi connectivity index (χ1) is 11.2. The third-order valence-electron chi connectivity index (χ3n) is 3.43. The Morgan fingerprint density at radius 3 is 2.83 bits per heavy atom. The molecule has 3 rings (SSSR count). The first kappa shape index (κ1) is 15.4. The highest BCUT2D eigenvalue weighted by molar-refractivity contribution is 7.10. The Morgan fingerprint density at radius 1 is 1.22 bits per heavy atom. The van der Waals surface area contributed by atoms with Gasteiger partial charge < -0.3 is 4.74 Å². The van der Waals surface area contributed by atoms with E-state index in [4.69, 9.17) is 4.74 Å². The average Bonchev–Trinajstić information content (AvgIpc) is 3.05. The first-order valence-electron chi connectivity index (χ1n) is 7.04. The van der Waals surface area contributed by atoms with Gasteiger partial charge in [0.2, 0.25) is 0 Å². The van der Waals surface area contributed by atoms with Crippen LogP contribution in [-0.4, -0.2) is 18.1 Å². The van der Waals surface area contributed by atoms with Crippen LogP contribution in [-0.2, 0) is 11.2 Å². The minimum atomic E-state index is -0.381.